The first-order valence-corrected chi connectivity index (χ1v) is 16.2. The lowest BCUT2D eigenvalue weighted by Crippen LogP contribution is -2.75. The number of carbonyl (C=O) groups excluding carboxylic acids is 3. The number of rotatable bonds is 7. The van der Waals surface area contributed by atoms with Crippen LogP contribution in [0.1, 0.15) is 99.0 Å². The van der Waals surface area contributed by atoms with E-state index in [-0.39, 0.29) is 23.6 Å². The van der Waals surface area contributed by atoms with Crippen LogP contribution in [0.2, 0.25) is 0 Å². The quantitative estimate of drug-likeness (QED) is 0.524. The van der Waals surface area contributed by atoms with E-state index in [0.717, 1.165) is 94.2 Å². The summed E-state index contributed by atoms with van der Waals surface area (Å²) in [7, 11) is 0. The third kappa shape index (κ3) is 5.92. The molecule has 3 saturated heterocycles. The van der Waals surface area contributed by atoms with Gasteiger partial charge in [0.1, 0.15) is 11.6 Å². The predicted octanol–water partition coefficient (Wildman–Crippen LogP) is 3.81. The fourth-order valence-electron chi connectivity index (χ4n) is 7.96. The fraction of sp³-hybridized carbons (Fsp3) is 0.727. The van der Waals surface area contributed by atoms with E-state index in [0.29, 0.717) is 25.4 Å². The average molecular weight is 567 g/mol. The molecule has 4 fully saturated rings. The zero-order valence-electron chi connectivity index (χ0n) is 25.4. The van der Waals surface area contributed by atoms with Crippen LogP contribution in [0.3, 0.4) is 0 Å². The SMILES string of the molecule is CCCCN1C(=O)C([C@@H](O)C2CCCCC2)NC(=O)C12CCN(C1CCN(C(=O)c3c(C)cccc3C)CC1)CC2. The van der Waals surface area contributed by atoms with Crippen LogP contribution in [0.25, 0.3) is 0 Å². The molecular weight excluding hydrogens is 516 g/mol. The van der Waals surface area contributed by atoms with Crippen molar-refractivity contribution in [1.29, 1.82) is 0 Å². The Labute approximate surface area is 245 Å². The van der Waals surface area contributed by atoms with Gasteiger partial charge in [0, 0.05) is 44.3 Å². The molecule has 5 rings (SSSR count). The molecule has 0 radical (unpaired) electrons. The molecule has 0 aromatic heterocycles. The van der Waals surface area contributed by atoms with Crippen LogP contribution in [0.5, 0.6) is 0 Å². The van der Waals surface area contributed by atoms with Crippen molar-refractivity contribution in [2.24, 2.45) is 5.92 Å². The molecule has 1 unspecified atom stereocenters. The minimum atomic E-state index is -0.829. The lowest BCUT2D eigenvalue weighted by atomic mass is 9.77. The third-order valence-corrected chi connectivity index (χ3v) is 10.6. The van der Waals surface area contributed by atoms with Crippen molar-refractivity contribution >= 4 is 17.7 Å². The topological polar surface area (TPSA) is 93.2 Å². The van der Waals surface area contributed by atoms with Crippen LogP contribution < -0.4 is 5.32 Å². The smallest absolute Gasteiger partial charge is 0.254 e. The first-order chi connectivity index (χ1) is 19.8. The molecule has 226 valence electrons. The predicted molar refractivity (Wildman–Crippen MR) is 160 cm³/mol. The number of unbranched alkanes of at least 4 members (excludes halogenated alkanes) is 1. The number of piperidine rings is 2. The summed E-state index contributed by atoms with van der Waals surface area (Å²) >= 11 is 0. The largest absolute Gasteiger partial charge is 0.390 e. The van der Waals surface area contributed by atoms with Gasteiger partial charge < -0.3 is 25.1 Å². The Kier molecular flexibility index (Phi) is 9.39. The number of aryl methyl sites for hydroxylation is 2. The van der Waals surface area contributed by atoms with E-state index in [9.17, 15) is 19.5 Å². The maximum absolute atomic E-state index is 13.9. The molecule has 1 spiro atoms. The van der Waals surface area contributed by atoms with Gasteiger partial charge in [-0.1, -0.05) is 50.8 Å². The molecule has 2 atom stereocenters. The standard InChI is InChI=1S/C33H50N4O4/c1-4-5-18-37-31(40)28(29(38)25-12-7-6-8-13-25)34-32(41)33(37)16-21-35(22-17-33)26-14-19-36(20-15-26)30(39)27-23(2)10-9-11-24(27)3/h9-11,25-26,28-29,38H,4-8,12-22H2,1-3H3,(H,34,41)/t28?,29-/m0/s1. The van der Waals surface area contributed by atoms with Crippen LogP contribution in [-0.2, 0) is 9.59 Å². The second-order valence-electron chi connectivity index (χ2n) is 13.0. The fourth-order valence-corrected chi connectivity index (χ4v) is 7.96. The van der Waals surface area contributed by atoms with Gasteiger partial charge in [-0.2, -0.15) is 0 Å². The lowest BCUT2D eigenvalue weighted by Gasteiger charge is -2.54. The van der Waals surface area contributed by atoms with Gasteiger partial charge in [0.05, 0.1) is 6.10 Å². The minimum absolute atomic E-state index is 0.0781. The number of aliphatic hydroxyl groups is 1. The van der Waals surface area contributed by atoms with Gasteiger partial charge in [-0.3, -0.25) is 14.4 Å². The van der Waals surface area contributed by atoms with Gasteiger partial charge in [-0.05, 0) is 75.8 Å². The van der Waals surface area contributed by atoms with Crippen molar-refractivity contribution in [3.05, 3.63) is 34.9 Å². The van der Waals surface area contributed by atoms with E-state index in [1.807, 2.05) is 41.8 Å². The summed E-state index contributed by atoms with van der Waals surface area (Å²) in [6, 6.07) is 5.56. The number of nitrogens with zero attached hydrogens (tertiary/aromatic N) is 3. The Morgan fingerprint density at radius 1 is 1.00 bits per heavy atom. The van der Waals surface area contributed by atoms with Gasteiger partial charge in [-0.15, -0.1) is 0 Å². The highest BCUT2D eigenvalue weighted by Gasteiger charge is 2.55. The second-order valence-corrected chi connectivity index (χ2v) is 13.0. The average Bonchev–Trinajstić information content (AvgIpc) is 2.99. The molecule has 2 N–H and O–H groups in total. The van der Waals surface area contributed by atoms with Crippen LogP contribution in [-0.4, -0.2) is 94.0 Å². The minimum Gasteiger partial charge on any atom is -0.390 e. The lowest BCUT2D eigenvalue weighted by molar-refractivity contribution is -0.166. The van der Waals surface area contributed by atoms with Crippen molar-refractivity contribution in [2.75, 3.05) is 32.7 Å². The number of likely N-dealkylation sites (tertiary alicyclic amines) is 2. The Morgan fingerprint density at radius 2 is 1.63 bits per heavy atom. The molecule has 3 aliphatic heterocycles. The first-order valence-electron chi connectivity index (χ1n) is 16.2. The molecule has 1 aliphatic carbocycles. The molecule has 4 aliphatic rings. The Hall–Kier alpha value is -2.45. The van der Waals surface area contributed by atoms with Crippen molar-refractivity contribution in [2.45, 2.75) is 115 Å². The summed E-state index contributed by atoms with van der Waals surface area (Å²) in [4.78, 5) is 47.3. The molecule has 1 saturated carbocycles. The van der Waals surface area contributed by atoms with Crippen LogP contribution in [0, 0.1) is 19.8 Å². The third-order valence-electron chi connectivity index (χ3n) is 10.6. The van der Waals surface area contributed by atoms with E-state index in [1.165, 1.54) is 6.42 Å². The van der Waals surface area contributed by atoms with Crippen LogP contribution in [0.4, 0.5) is 0 Å². The highest BCUT2D eigenvalue weighted by atomic mass is 16.3. The van der Waals surface area contributed by atoms with Crippen molar-refractivity contribution in [1.82, 2.24) is 20.0 Å². The highest BCUT2D eigenvalue weighted by Crippen LogP contribution is 2.37. The Morgan fingerprint density at radius 3 is 2.24 bits per heavy atom. The molecule has 1 aromatic rings. The summed E-state index contributed by atoms with van der Waals surface area (Å²) in [5.41, 5.74) is 2.06. The van der Waals surface area contributed by atoms with E-state index >= 15 is 0 Å². The molecule has 0 bridgehead atoms. The summed E-state index contributed by atoms with van der Waals surface area (Å²) < 4.78 is 0. The zero-order valence-corrected chi connectivity index (χ0v) is 25.4. The first kappa shape index (κ1) is 30.0. The van der Waals surface area contributed by atoms with Gasteiger partial charge >= 0.3 is 0 Å². The van der Waals surface area contributed by atoms with E-state index in [4.69, 9.17) is 0 Å². The van der Waals surface area contributed by atoms with Crippen molar-refractivity contribution in [3.8, 4) is 0 Å². The van der Waals surface area contributed by atoms with Gasteiger partial charge in [0.15, 0.2) is 0 Å². The number of hydrogen-bond acceptors (Lipinski definition) is 5. The summed E-state index contributed by atoms with van der Waals surface area (Å²) in [5.74, 6) is 0.0320. The summed E-state index contributed by atoms with van der Waals surface area (Å²) in [6.07, 6.45) is 9.23. The highest BCUT2D eigenvalue weighted by molar-refractivity contribution is 6.00. The Bertz CT molecular complexity index is 1080. The monoisotopic (exact) mass is 566 g/mol. The molecule has 8 heteroatoms. The molecule has 3 amide bonds. The Balaban J connectivity index is 1.22. The van der Waals surface area contributed by atoms with Gasteiger partial charge in [-0.25, -0.2) is 0 Å². The van der Waals surface area contributed by atoms with E-state index in [1.54, 1.807) is 0 Å². The number of carbonyl (C=O) groups is 3. The van der Waals surface area contributed by atoms with Crippen LogP contribution >= 0.6 is 0 Å². The van der Waals surface area contributed by atoms with Gasteiger partial charge in [0.25, 0.3) is 5.91 Å². The molecule has 41 heavy (non-hydrogen) atoms. The normalized spacial score (nSPS) is 25.4. The summed E-state index contributed by atoms with van der Waals surface area (Å²) in [6.45, 7) is 9.67. The zero-order chi connectivity index (χ0) is 29.1. The number of piperazine rings is 1. The van der Waals surface area contributed by atoms with Crippen LogP contribution in [0.15, 0.2) is 18.2 Å². The maximum atomic E-state index is 13.9. The number of nitrogens with one attached hydrogen (secondary N) is 1. The molecular formula is C33H50N4O4. The number of aliphatic hydroxyl groups excluding tert-OH is 1. The second kappa shape index (κ2) is 12.8. The number of hydrogen-bond donors (Lipinski definition) is 2. The van der Waals surface area contributed by atoms with E-state index in [2.05, 4.69) is 17.1 Å². The van der Waals surface area contributed by atoms with Crippen molar-refractivity contribution < 1.29 is 19.5 Å². The molecule has 3 heterocycles. The number of benzene rings is 1. The molecule has 8 nitrogen and oxygen atoms in total. The molecule has 1 aromatic carbocycles. The van der Waals surface area contributed by atoms with Crippen molar-refractivity contribution in [3.63, 3.8) is 0 Å². The maximum Gasteiger partial charge on any atom is 0.254 e. The van der Waals surface area contributed by atoms with Gasteiger partial charge in [0.2, 0.25) is 11.8 Å². The van der Waals surface area contributed by atoms with E-state index < -0.39 is 17.7 Å². The summed E-state index contributed by atoms with van der Waals surface area (Å²) in [5, 5.41) is 14.2. The number of amides is 3.